The van der Waals surface area contributed by atoms with Crippen LogP contribution in [0.1, 0.15) is 44.7 Å². The summed E-state index contributed by atoms with van der Waals surface area (Å²) in [6, 6.07) is 3.68. The molecule has 2 heterocycles. The Morgan fingerprint density at radius 2 is 2.00 bits per heavy atom. The minimum absolute atomic E-state index is 0.324. The predicted molar refractivity (Wildman–Crippen MR) is 91.0 cm³/mol. The molecule has 0 spiro atoms. The number of rotatable bonds is 1. The second kappa shape index (κ2) is 5.84. The van der Waals surface area contributed by atoms with Gasteiger partial charge in [-0.2, -0.15) is 0 Å². The molecule has 6 nitrogen and oxygen atoms in total. The maximum Gasteiger partial charge on any atom is 0.410 e. The second-order valence-corrected chi connectivity index (χ2v) is 7.61. The number of carbonyl (C=O) groups excluding carboxylic acids is 1. The zero-order chi connectivity index (χ0) is 17.5. The van der Waals surface area contributed by atoms with Crippen molar-refractivity contribution in [3.05, 3.63) is 23.3 Å². The first-order valence-corrected chi connectivity index (χ1v) is 8.44. The number of likely N-dealkylation sites (tertiary alicyclic amines) is 1. The zero-order valence-corrected chi connectivity index (χ0v) is 14.6. The van der Waals surface area contributed by atoms with Crippen LogP contribution in [0.3, 0.4) is 0 Å². The molecule has 2 aliphatic heterocycles. The zero-order valence-electron chi connectivity index (χ0n) is 14.6. The molecule has 1 fully saturated rings. The number of amides is 1. The average molecular weight is 334 g/mol. The van der Waals surface area contributed by atoms with Crippen LogP contribution < -0.4 is 10.5 Å². The fraction of sp³-hybridized carbons (Fsp3) is 0.611. The third-order valence-corrected chi connectivity index (χ3v) is 4.63. The maximum atomic E-state index is 12.2. The summed E-state index contributed by atoms with van der Waals surface area (Å²) in [5, 5.41) is 11.2. The van der Waals surface area contributed by atoms with Crippen molar-refractivity contribution in [1.29, 1.82) is 0 Å². The van der Waals surface area contributed by atoms with Crippen molar-refractivity contribution in [2.24, 2.45) is 0 Å². The van der Waals surface area contributed by atoms with Gasteiger partial charge in [0.25, 0.3) is 0 Å². The molecule has 0 aliphatic carbocycles. The van der Waals surface area contributed by atoms with E-state index in [2.05, 4.69) is 0 Å². The highest BCUT2D eigenvalue weighted by atomic mass is 16.6. The van der Waals surface area contributed by atoms with Crippen LogP contribution in [0.5, 0.6) is 5.75 Å². The third kappa shape index (κ3) is 3.15. The van der Waals surface area contributed by atoms with Gasteiger partial charge in [-0.1, -0.05) is 6.07 Å². The fourth-order valence-electron chi connectivity index (χ4n) is 3.41. The topological polar surface area (TPSA) is 85.0 Å². The number of ether oxygens (including phenoxy) is 2. The number of fused-ring (bicyclic) bond motifs is 1. The summed E-state index contributed by atoms with van der Waals surface area (Å²) in [6.07, 6.45) is 1.38. The molecular weight excluding hydrogens is 308 g/mol. The van der Waals surface area contributed by atoms with Crippen molar-refractivity contribution >= 4 is 11.8 Å². The van der Waals surface area contributed by atoms with E-state index in [1.54, 1.807) is 11.0 Å². The number of nitrogens with two attached hydrogens (primary N) is 1. The Labute approximate surface area is 142 Å². The van der Waals surface area contributed by atoms with Crippen LogP contribution in [-0.4, -0.2) is 41.4 Å². The Balaban J connectivity index is 1.74. The number of hydrogen-bond acceptors (Lipinski definition) is 5. The van der Waals surface area contributed by atoms with Crippen LogP contribution in [-0.2, 0) is 16.8 Å². The third-order valence-electron chi connectivity index (χ3n) is 4.63. The van der Waals surface area contributed by atoms with E-state index in [-0.39, 0.29) is 6.09 Å². The molecule has 132 valence electrons. The van der Waals surface area contributed by atoms with Crippen LogP contribution in [0.15, 0.2) is 12.1 Å². The van der Waals surface area contributed by atoms with Crippen LogP contribution in [0.25, 0.3) is 0 Å². The van der Waals surface area contributed by atoms with Crippen LogP contribution in [0, 0.1) is 0 Å². The Bertz CT molecular complexity index is 643. The van der Waals surface area contributed by atoms with Crippen molar-refractivity contribution in [3.8, 4) is 5.75 Å². The van der Waals surface area contributed by atoms with Gasteiger partial charge >= 0.3 is 6.09 Å². The first-order valence-electron chi connectivity index (χ1n) is 8.44. The molecule has 1 aromatic carbocycles. The highest BCUT2D eigenvalue weighted by molar-refractivity contribution is 5.68. The Kier molecular flexibility index (Phi) is 4.11. The number of piperidine rings is 1. The monoisotopic (exact) mass is 334 g/mol. The molecule has 1 saturated heterocycles. The fourth-order valence-corrected chi connectivity index (χ4v) is 3.41. The van der Waals surface area contributed by atoms with E-state index >= 15 is 0 Å². The molecule has 24 heavy (non-hydrogen) atoms. The molecule has 0 saturated carbocycles. The van der Waals surface area contributed by atoms with Crippen molar-refractivity contribution in [3.63, 3.8) is 0 Å². The first-order chi connectivity index (χ1) is 11.2. The highest BCUT2D eigenvalue weighted by Crippen LogP contribution is 2.42. The SMILES string of the molecule is CC(C)(C)OC(=O)N1CCC(O)(c2ccc(N)c3c2CCO3)CC1. The van der Waals surface area contributed by atoms with Crippen molar-refractivity contribution < 1.29 is 19.4 Å². The molecule has 0 unspecified atom stereocenters. The van der Waals surface area contributed by atoms with E-state index in [0.717, 1.165) is 17.5 Å². The number of nitrogen functional groups attached to an aromatic ring is 1. The summed E-state index contributed by atoms with van der Waals surface area (Å²) in [5.41, 5.74) is 6.99. The lowest BCUT2D eigenvalue weighted by atomic mass is 9.81. The average Bonchev–Trinajstić information content (AvgIpc) is 2.96. The molecule has 0 aromatic heterocycles. The minimum Gasteiger partial charge on any atom is -0.491 e. The van der Waals surface area contributed by atoms with Crippen LogP contribution in [0.2, 0.25) is 0 Å². The number of carbonyl (C=O) groups is 1. The number of anilines is 1. The predicted octanol–water partition coefficient (Wildman–Crippen LogP) is 2.42. The standard InChI is InChI=1S/C18H26N2O4/c1-17(2,3)24-16(21)20-9-7-18(22,8-10-20)13-4-5-14(19)15-12(13)6-11-23-15/h4-5,22H,6-11,19H2,1-3H3. The number of hydrogen-bond donors (Lipinski definition) is 2. The molecule has 1 aromatic rings. The van der Waals surface area contributed by atoms with E-state index < -0.39 is 11.2 Å². The first kappa shape index (κ1) is 16.9. The van der Waals surface area contributed by atoms with Gasteiger partial charge in [-0.15, -0.1) is 0 Å². The van der Waals surface area contributed by atoms with Gasteiger partial charge in [0, 0.05) is 25.1 Å². The lowest BCUT2D eigenvalue weighted by Gasteiger charge is -2.39. The van der Waals surface area contributed by atoms with E-state index in [1.807, 2.05) is 26.8 Å². The molecule has 0 bridgehead atoms. The van der Waals surface area contributed by atoms with E-state index in [9.17, 15) is 9.90 Å². The summed E-state index contributed by atoms with van der Waals surface area (Å²) in [6.45, 7) is 7.07. The summed E-state index contributed by atoms with van der Waals surface area (Å²) < 4.78 is 11.0. The second-order valence-electron chi connectivity index (χ2n) is 7.61. The summed E-state index contributed by atoms with van der Waals surface area (Å²) in [4.78, 5) is 13.8. The molecule has 6 heteroatoms. The number of nitrogens with zero attached hydrogens (tertiary/aromatic N) is 1. The van der Waals surface area contributed by atoms with Gasteiger partial charge < -0.3 is 25.2 Å². The van der Waals surface area contributed by atoms with E-state index in [1.165, 1.54) is 0 Å². The summed E-state index contributed by atoms with van der Waals surface area (Å²) in [7, 11) is 0. The number of aliphatic hydroxyl groups is 1. The van der Waals surface area contributed by atoms with Gasteiger partial charge in [-0.05, 0) is 45.2 Å². The van der Waals surface area contributed by atoms with Crippen molar-refractivity contribution in [2.45, 2.75) is 51.2 Å². The smallest absolute Gasteiger partial charge is 0.410 e. The van der Waals surface area contributed by atoms with Gasteiger partial charge in [0.1, 0.15) is 11.4 Å². The van der Waals surface area contributed by atoms with Gasteiger partial charge in [0.2, 0.25) is 0 Å². The maximum absolute atomic E-state index is 12.2. The summed E-state index contributed by atoms with van der Waals surface area (Å²) in [5.74, 6) is 0.704. The Morgan fingerprint density at radius 1 is 1.33 bits per heavy atom. The lowest BCUT2D eigenvalue weighted by molar-refractivity contribution is -0.0360. The largest absolute Gasteiger partial charge is 0.491 e. The minimum atomic E-state index is -0.954. The highest BCUT2D eigenvalue weighted by Gasteiger charge is 2.39. The van der Waals surface area contributed by atoms with Gasteiger partial charge in [-0.25, -0.2) is 4.79 Å². The van der Waals surface area contributed by atoms with Crippen LogP contribution >= 0.6 is 0 Å². The Morgan fingerprint density at radius 3 is 2.62 bits per heavy atom. The number of benzene rings is 1. The molecule has 0 atom stereocenters. The van der Waals surface area contributed by atoms with E-state index in [0.29, 0.717) is 44.0 Å². The Hall–Kier alpha value is -1.95. The molecule has 3 N–H and O–H groups in total. The molecular formula is C18H26N2O4. The van der Waals surface area contributed by atoms with Gasteiger partial charge in [0.05, 0.1) is 17.9 Å². The van der Waals surface area contributed by atoms with Crippen molar-refractivity contribution in [2.75, 3.05) is 25.4 Å². The van der Waals surface area contributed by atoms with Gasteiger partial charge in [-0.3, -0.25) is 0 Å². The normalized spacial score (nSPS) is 19.6. The quantitative estimate of drug-likeness (QED) is 0.771. The van der Waals surface area contributed by atoms with Crippen molar-refractivity contribution in [1.82, 2.24) is 4.90 Å². The molecule has 3 rings (SSSR count). The van der Waals surface area contributed by atoms with E-state index in [4.69, 9.17) is 15.2 Å². The molecule has 2 aliphatic rings. The lowest BCUT2D eigenvalue weighted by Crippen LogP contribution is -2.47. The molecule has 1 amide bonds. The van der Waals surface area contributed by atoms with Crippen LogP contribution in [0.4, 0.5) is 10.5 Å². The summed E-state index contributed by atoms with van der Waals surface area (Å²) >= 11 is 0. The van der Waals surface area contributed by atoms with Gasteiger partial charge in [0.15, 0.2) is 0 Å². The molecule has 0 radical (unpaired) electrons.